The van der Waals surface area contributed by atoms with E-state index >= 15 is 0 Å². The zero-order valence-corrected chi connectivity index (χ0v) is 14.5. The normalized spacial score (nSPS) is 10.2. The minimum atomic E-state index is -0.483. The van der Waals surface area contributed by atoms with Crippen molar-refractivity contribution in [2.45, 2.75) is 13.2 Å². The highest BCUT2D eigenvalue weighted by atomic mass is 16.6. The van der Waals surface area contributed by atoms with Crippen molar-refractivity contribution in [1.82, 2.24) is 0 Å². The first-order valence-electron chi connectivity index (χ1n) is 8.40. The van der Waals surface area contributed by atoms with Crippen molar-refractivity contribution < 1.29 is 14.5 Å². The number of carbonyl (C=O) groups is 1. The standard InChI is InChI=1S/C21H18N2O4/c24-21(27-16-18-7-3-1-4-8-18)22(19-9-5-2-6-10-19)15-17-11-13-20(14-12-17)23(25)26/h1-14H,15-16H2. The molecule has 6 heteroatoms. The molecular formula is C21H18N2O4. The SMILES string of the molecule is O=C(OCc1ccccc1)N(Cc1ccc([N+](=O)[O-])cc1)c1ccccc1. The van der Waals surface area contributed by atoms with Gasteiger partial charge in [-0.2, -0.15) is 0 Å². The fraction of sp³-hybridized carbons (Fsp3) is 0.0952. The molecule has 0 spiro atoms. The van der Waals surface area contributed by atoms with Gasteiger partial charge in [-0.1, -0.05) is 60.7 Å². The fourth-order valence-electron chi connectivity index (χ4n) is 2.57. The lowest BCUT2D eigenvalue weighted by molar-refractivity contribution is -0.384. The first kappa shape index (κ1) is 18.1. The van der Waals surface area contributed by atoms with E-state index in [0.717, 1.165) is 11.1 Å². The van der Waals surface area contributed by atoms with Crippen LogP contribution < -0.4 is 4.90 Å². The number of nitro groups is 1. The van der Waals surface area contributed by atoms with Gasteiger partial charge in [0.15, 0.2) is 0 Å². The Morgan fingerprint density at radius 3 is 2.04 bits per heavy atom. The first-order chi connectivity index (χ1) is 13.1. The van der Waals surface area contributed by atoms with Crippen molar-refractivity contribution in [2.75, 3.05) is 4.90 Å². The maximum Gasteiger partial charge on any atom is 0.414 e. The molecule has 136 valence electrons. The molecule has 0 aliphatic heterocycles. The van der Waals surface area contributed by atoms with E-state index in [1.807, 2.05) is 60.7 Å². The van der Waals surface area contributed by atoms with Crippen LogP contribution in [0.25, 0.3) is 0 Å². The predicted molar refractivity (Wildman–Crippen MR) is 102 cm³/mol. The molecule has 0 unspecified atom stereocenters. The maximum absolute atomic E-state index is 12.7. The smallest absolute Gasteiger partial charge is 0.414 e. The molecule has 0 radical (unpaired) electrons. The highest BCUT2D eigenvalue weighted by Crippen LogP contribution is 2.20. The summed E-state index contributed by atoms with van der Waals surface area (Å²) in [6.07, 6.45) is -0.483. The molecule has 0 bridgehead atoms. The Morgan fingerprint density at radius 2 is 1.44 bits per heavy atom. The van der Waals surface area contributed by atoms with Gasteiger partial charge in [0.25, 0.3) is 5.69 Å². The Morgan fingerprint density at radius 1 is 0.852 bits per heavy atom. The van der Waals surface area contributed by atoms with E-state index in [9.17, 15) is 14.9 Å². The number of anilines is 1. The highest BCUT2D eigenvalue weighted by molar-refractivity contribution is 5.87. The molecule has 0 aliphatic rings. The molecule has 0 saturated heterocycles. The first-order valence-corrected chi connectivity index (χ1v) is 8.40. The number of rotatable bonds is 6. The molecule has 27 heavy (non-hydrogen) atoms. The summed E-state index contributed by atoms with van der Waals surface area (Å²) in [6, 6.07) is 24.7. The van der Waals surface area contributed by atoms with E-state index in [1.54, 1.807) is 12.1 Å². The van der Waals surface area contributed by atoms with E-state index in [1.165, 1.54) is 17.0 Å². The van der Waals surface area contributed by atoms with Crippen molar-refractivity contribution >= 4 is 17.5 Å². The van der Waals surface area contributed by atoms with Gasteiger partial charge in [0.1, 0.15) is 6.61 Å². The monoisotopic (exact) mass is 362 g/mol. The number of non-ortho nitro benzene ring substituents is 1. The summed E-state index contributed by atoms with van der Waals surface area (Å²) >= 11 is 0. The van der Waals surface area contributed by atoms with E-state index in [2.05, 4.69) is 0 Å². The summed E-state index contributed by atoms with van der Waals surface area (Å²) in [4.78, 5) is 24.5. The van der Waals surface area contributed by atoms with Crippen molar-refractivity contribution in [3.63, 3.8) is 0 Å². The number of amides is 1. The van der Waals surface area contributed by atoms with Crippen LogP contribution in [0, 0.1) is 10.1 Å². The molecule has 3 aromatic rings. The van der Waals surface area contributed by atoms with Crippen LogP contribution in [-0.4, -0.2) is 11.0 Å². The van der Waals surface area contributed by atoms with Gasteiger partial charge < -0.3 is 4.74 Å². The third-order valence-corrected chi connectivity index (χ3v) is 3.98. The van der Waals surface area contributed by atoms with E-state index in [-0.39, 0.29) is 18.8 Å². The van der Waals surface area contributed by atoms with Crippen LogP contribution in [0.4, 0.5) is 16.2 Å². The molecule has 0 atom stereocenters. The third-order valence-electron chi connectivity index (χ3n) is 3.98. The second-order valence-electron chi connectivity index (χ2n) is 5.89. The summed E-state index contributed by atoms with van der Waals surface area (Å²) < 4.78 is 5.46. The zero-order chi connectivity index (χ0) is 19.1. The molecule has 0 aromatic heterocycles. The van der Waals surface area contributed by atoms with E-state index in [0.29, 0.717) is 5.69 Å². The van der Waals surface area contributed by atoms with Gasteiger partial charge in [0.2, 0.25) is 0 Å². The third kappa shape index (κ3) is 4.92. The minimum absolute atomic E-state index is 0.0108. The van der Waals surface area contributed by atoms with Crippen LogP contribution in [0.5, 0.6) is 0 Å². The fourth-order valence-corrected chi connectivity index (χ4v) is 2.57. The van der Waals surface area contributed by atoms with Crippen LogP contribution in [0.3, 0.4) is 0 Å². The number of benzene rings is 3. The van der Waals surface area contributed by atoms with Gasteiger partial charge in [-0.25, -0.2) is 4.79 Å². The van der Waals surface area contributed by atoms with Crippen LogP contribution in [-0.2, 0) is 17.9 Å². The summed E-state index contributed by atoms with van der Waals surface area (Å²) in [5.41, 5.74) is 2.36. The zero-order valence-electron chi connectivity index (χ0n) is 14.5. The molecule has 0 heterocycles. The van der Waals surface area contributed by atoms with Crippen molar-refractivity contribution in [3.05, 3.63) is 106 Å². The average Bonchev–Trinajstić information content (AvgIpc) is 2.72. The molecule has 0 aliphatic carbocycles. The van der Waals surface area contributed by atoms with E-state index in [4.69, 9.17) is 4.74 Å². The van der Waals surface area contributed by atoms with Crippen LogP contribution in [0.1, 0.15) is 11.1 Å². The molecule has 3 aromatic carbocycles. The summed E-state index contributed by atoms with van der Waals surface area (Å²) in [6.45, 7) is 0.416. The Balaban J connectivity index is 1.76. The molecule has 3 rings (SSSR count). The molecular weight excluding hydrogens is 344 g/mol. The van der Waals surface area contributed by atoms with Crippen molar-refractivity contribution in [3.8, 4) is 0 Å². The number of para-hydroxylation sites is 1. The van der Waals surface area contributed by atoms with Gasteiger partial charge in [0, 0.05) is 17.8 Å². The maximum atomic E-state index is 12.7. The van der Waals surface area contributed by atoms with Gasteiger partial charge in [0.05, 0.1) is 11.5 Å². The van der Waals surface area contributed by atoms with Crippen molar-refractivity contribution in [1.29, 1.82) is 0 Å². The lowest BCUT2D eigenvalue weighted by Crippen LogP contribution is -2.30. The Bertz CT molecular complexity index is 896. The Hall–Kier alpha value is -3.67. The van der Waals surface area contributed by atoms with E-state index < -0.39 is 11.0 Å². The Kier molecular flexibility index (Phi) is 5.79. The summed E-state index contributed by atoms with van der Waals surface area (Å²) in [5, 5.41) is 10.8. The second kappa shape index (κ2) is 8.62. The minimum Gasteiger partial charge on any atom is -0.444 e. The molecule has 0 N–H and O–H groups in total. The number of carbonyl (C=O) groups excluding carboxylic acids is 1. The topological polar surface area (TPSA) is 72.7 Å². The van der Waals surface area contributed by atoms with Crippen LogP contribution in [0.2, 0.25) is 0 Å². The highest BCUT2D eigenvalue weighted by Gasteiger charge is 2.18. The van der Waals surface area contributed by atoms with Gasteiger partial charge >= 0.3 is 6.09 Å². The number of nitrogens with zero attached hydrogens (tertiary/aromatic N) is 2. The lowest BCUT2D eigenvalue weighted by atomic mass is 10.2. The quantitative estimate of drug-likeness (QED) is 0.460. The lowest BCUT2D eigenvalue weighted by Gasteiger charge is -2.22. The number of ether oxygens (including phenoxy) is 1. The van der Waals surface area contributed by atoms with Gasteiger partial charge in [-0.05, 0) is 23.3 Å². The number of hydrogen-bond donors (Lipinski definition) is 0. The molecule has 6 nitrogen and oxygen atoms in total. The molecule has 0 saturated carbocycles. The summed E-state index contributed by atoms with van der Waals surface area (Å²) in [7, 11) is 0. The molecule has 1 amide bonds. The Labute approximate surface area is 156 Å². The number of hydrogen-bond acceptors (Lipinski definition) is 4. The van der Waals surface area contributed by atoms with Gasteiger partial charge in [-0.15, -0.1) is 0 Å². The predicted octanol–water partition coefficient (Wildman–Crippen LogP) is 4.94. The second-order valence-corrected chi connectivity index (χ2v) is 5.89. The average molecular weight is 362 g/mol. The molecule has 0 fully saturated rings. The summed E-state index contributed by atoms with van der Waals surface area (Å²) in [5.74, 6) is 0. The van der Waals surface area contributed by atoms with Gasteiger partial charge in [-0.3, -0.25) is 15.0 Å². The van der Waals surface area contributed by atoms with Crippen LogP contribution >= 0.6 is 0 Å². The number of nitro benzene ring substituents is 1. The van der Waals surface area contributed by atoms with Crippen LogP contribution in [0.15, 0.2) is 84.9 Å². The van der Waals surface area contributed by atoms with Crippen molar-refractivity contribution in [2.24, 2.45) is 0 Å². The largest absolute Gasteiger partial charge is 0.444 e.